The molecule has 0 radical (unpaired) electrons. The topological polar surface area (TPSA) is 112 Å². The number of rotatable bonds is 7. The lowest BCUT2D eigenvalue weighted by molar-refractivity contribution is -0.286. The van der Waals surface area contributed by atoms with E-state index in [2.05, 4.69) is 14.6 Å². The highest BCUT2D eigenvalue weighted by atomic mass is 19.3. The zero-order chi connectivity index (χ0) is 30.5. The Morgan fingerprint density at radius 1 is 1.05 bits per heavy atom. The summed E-state index contributed by atoms with van der Waals surface area (Å²) in [5.74, 6) is -1.77. The van der Waals surface area contributed by atoms with Crippen molar-refractivity contribution in [1.82, 2.24) is 9.78 Å². The van der Waals surface area contributed by atoms with Crippen LogP contribution in [0.5, 0.6) is 17.2 Å². The number of carbonyl (C=O) groups is 2. The third-order valence-corrected chi connectivity index (χ3v) is 6.88. The Balaban J connectivity index is 1.32. The lowest BCUT2D eigenvalue weighted by Crippen LogP contribution is -2.27. The zero-order valence-electron chi connectivity index (χ0n) is 22.2. The minimum Gasteiger partial charge on any atom is -0.482 e. The Labute approximate surface area is 240 Å². The number of alkyl halides is 4. The number of aromatic nitrogens is 2. The molecule has 0 spiro atoms. The van der Waals surface area contributed by atoms with E-state index in [1.54, 1.807) is 12.1 Å². The third-order valence-electron chi connectivity index (χ3n) is 6.88. The lowest BCUT2D eigenvalue weighted by atomic mass is 10.1. The summed E-state index contributed by atoms with van der Waals surface area (Å²) < 4.78 is 76.7. The van der Waals surface area contributed by atoms with Crippen LogP contribution in [0.4, 0.5) is 23.2 Å². The maximum absolute atomic E-state index is 14.0. The van der Waals surface area contributed by atoms with Gasteiger partial charge in [0.25, 0.3) is 12.3 Å². The van der Waals surface area contributed by atoms with Crippen LogP contribution in [0.15, 0.2) is 66.7 Å². The fourth-order valence-electron chi connectivity index (χ4n) is 4.84. The molecule has 0 saturated carbocycles. The highest BCUT2D eigenvalue weighted by Gasteiger charge is 2.43. The Hall–Kier alpha value is -5.11. The molecule has 2 aliphatic rings. The molecule has 3 heterocycles. The van der Waals surface area contributed by atoms with E-state index in [4.69, 9.17) is 14.6 Å². The molecular formula is C29H21F4N3O7. The summed E-state index contributed by atoms with van der Waals surface area (Å²) in [5.41, 5.74) is 0.645. The number of carboxylic acid groups (broad SMARTS) is 1. The largest absolute Gasteiger partial charge is 0.586 e. The van der Waals surface area contributed by atoms with Crippen molar-refractivity contribution in [3.8, 4) is 22.9 Å². The van der Waals surface area contributed by atoms with E-state index in [-0.39, 0.29) is 58.5 Å². The van der Waals surface area contributed by atoms with Gasteiger partial charge in [-0.2, -0.15) is 5.10 Å². The fraction of sp³-hybridized carbons (Fsp3) is 0.207. The fourth-order valence-corrected chi connectivity index (χ4v) is 4.84. The number of amides is 1. The van der Waals surface area contributed by atoms with Crippen molar-refractivity contribution in [3.63, 3.8) is 0 Å². The van der Waals surface area contributed by atoms with Crippen LogP contribution in [0, 0.1) is 0 Å². The van der Waals surface area contributed by atoms with Crippen molar-refractivity contribution < 1.29 is 51.2 Å². The van der Waals surface area contributed by atoms with Gasteiger partial charge >= 0.3 is 12.3 Å². The maximum atomic E-state index is 14.0. The molecule has 222 valence electrons. The number of aromatic carboxylic acids is 1. The molecule has 0 aliphatic carbocycles. The number of hydrogen-bond donors (Lipinski definition) is 1. The van der Waals surface area contributed by atoms with Gasteiger partial charge in [-0.25, -0.2) is 18.3 Å². The summed E-state index contributed by atoms with van der Waals surface area (Å²) >= 11 is 0. The van der Waals surface area contributed by atoms with E-state index >= 15 is 0 Å². The summed E-state index contributed by atoms with van der Waals surface area (Å²) in [6.45, 7) is -0.149. The number of ether oxygens (including phenoxy) is 4. The van der Waals surface area contributed by atoms with Gasteiger partial charge in [-0.15, -0.1) is 8.78 Å². The molecule has 4 aromatic rings. The van der Waals surface area contributed by atoms with Gasteiger partial charge < -0.3 is 29.0 Å². The number of fused-ring (bicyclic) bond motifs is 2. The summed E-state index contributed by atoms with van der Waals surface area (Å²) in [6, 6.07) is 15.6. The van der Waals surface area contributed by atoms with Crippen molar-refractivity contribution in [2.24, 2.45) is 0 Å². The normalized spacial score (nSPS) is 16.6. The summed E-state index contributed by atoms with van der Waals surface area (Å²) in [7, 11) is 1.44. The molecule has 1 atom stereocenters. The highest BCUT2D eigenvalue weighted by Crippen LogP contribution is 2.43. The molecule has 0 fully saturated rings. The van der Waals surface area contributed by atoms with Crippen molar-refractivity contribution >= 4 is 17.6 Å². The van der Waals surface area contributed by atoms with E-state index in [1.807, 2.05) is 0 Å². The molecule has 0 saturated heterocycles. The monoisotopic (exact) mass is 599 g/mol. The minimum absolute atomic E-state index is 0.00737. The van der Waals surface area contributed by atoms with Crippen LogP contribution in [0.1, 0.15) is 50.2 Å². The second kappa shape index (κ2) is 10.6. The van der Waals surface area contributed by atoms with E-state index < -0.39 is 36.4 Å². The summed E-state index contributed by atoms with van der Waals surface area (Å²) in [6.07, 6.45) is -7.64. The molecule has 3 aromatic carbocycles. The first kappa shape index (κ1) is 28.0. The minimum atomic E-state index is -3.81. The smallest absolute Gasteiger partial charge is 0.482 e. The molecular weight excluding hydrogens is 578 g/mol. The molecule has 0 bridgehead atoms. The second-order valence-electron chi connectivity index (χ2n) is 9.63. The molecule has 6 rings (SSSR count). The lowest BCUT2D eigenvalue weighted by Gasteiger charge is -2.26. The van der Waals surface area contributed by atoms with Gasteiger partial charge in [0.05, 0.1) is 30.2 Å². The second-order valence-corrected chi connectivity index (χ2v) is 9.63. The van der Waals surface area contributed by atoms with Crippen molar-refractivity contribution in [2.75, 3.05) is 18.6 Å². The first-order valence-electron chi connectivity index (χ1n) is 12.8. The van der Waals surface area contributed by atoms with Gasteiger partial charge in [-0.05, 0) is 54.6 Å². The zero-order valence-corrected chi connectivity index (χ0v) is 22.2. The van der Waals surface area contributed by atoms with Gasteiger partial charge in [0.1, 0.15) is 11.4 Å². The molecule has 10 nitrogen and oxygen atoms in total. The van der Waals surface area contributed by atoms with E-state index in [1.165, 1.54) is 71.2 Å². The number of anilines is 1. The Morgan fingerprint density at radius 2 is 1.79 bits per heavy atom. The SMILES string of the molecule is CN(C(=O)c1cccc(-n2nc(C(F)F)c3c2C(Oc2ccc(C(=O)O)cc2)COC3)c1)c1ccc2c(c1)OC(F)(F)O2. The van der Waals surface area contributed by atoms with E-state index in [0.29, 0.717) is 5.69 Å². The first-order valence-corrected chi connectivity index (χ1v) is 12.8. The third kappa shape index (κ3) is 5.32. The maximum Gasteiger partial charge on any atom is 0.586 e. The van der Waals surface area contributed by atoms with Gasteiger partial charge in [0.2, 0.25) is 0 Å². The molecule has 1 unspecified atom stereocenters. The van der Waals surface area contributed by atoms with Crippen LogP contribution in [0.3, 0.4) is 0 Å². The van der Waals surface area contributed by atoms with Crippen LogP contribution in [-0.2, 0) is 11.3 Å². The van der Waals surface area contributed by atoms with Gasteiger partial charge in [0, 0.05) is 29.9 Å². The quantitative estimate of drug-likeness (QED) is 0.267. The van der Waals surface area contributed by atoms with Gasteiger partial charge in [0.15, 0.2) is 17.6 Å². The first-order chi connectivity index (χ1) is 20.5. The van der Waals surface area contributed by atoms with E-state index in [0.717, 1.165) is 0 Å². The number of hydrogen-bond acceptors (Lipinski definition) is 7. The molecule has 2 aliphatic heterocycles. The summed E-state index contributed by atoms with van der Waals surface area (Å²) in [5, 5.41) is 13.3. The van der Waals surface area contributed by atoms with Crippen LogP contribution in [-0.4, -0.2) is 46.7 Å². The van der Waals surface area contributed by atoms with Crippen LogP contribution in [0.2, 0.25) is 0 Å². The molecule has 1 N–H and O–H groups in total. The number of carboxylic acids is 1. The van der Waals surface area contributed by atoms with Crippen molar-refractivity contribution in [3.05, 3.63) is 94.8 Å². The Bertz CT molecular complexity index is 1730. The molecule has 43 heavy (non-hydrogen) atoms. The number of halogens is 4. The summed E-state index contributed by atoms with van der Waals surface area (Å²) in [4.78, 5) is 25.8. The van der Waals surface area contributed by atoms with Gasteiger partial charge in [-0.3, -0.25) is 4.79 Å². The molecule has 14 heteroatoms. The predicted molar refractivity (Wildman–Crippen MR) is 140 cm³/mol. The average molecular weight is 599 g/mol. The number of benzene rings is 3. The predicted octanol–water partition coefficient (Wildman–Crippen LogP) is 5.76. The van der Waals surface area contributed by atoms with Crippen LogP contribution >= 0.6 is 0 Å². The van der Waals surface area contributed by atoms with Crippen LogP contribution in [0.25, 0.3) is 5.69 Å². The Kier molecular flexibility index (Phi) is 6.92. The Morgan fingerprint density at radius 3 is 2.51 bits per heavy atom. The number of nitrogens with zero attached hydrogens (tertiary/aromatic N) is 3. The molecule has 1 aromatic heterocycles. The average Bonchev–Trinajstić information content (AvgIpc) is 3.53. The van der Waals surface area contributed by atoms with Crippen molar-refractivity contribution in [2.45, 2.75) is 25.4 Å². The van der Waals surface area contributed by atoms with Gasteiger partial charge in [-0.1, -0.05) is 6.07 Å². The van der Waals surface area contributed by atoms with Crippen LogP contribution < -0.4 is 19.1 Å². The number of carbonyl (C=O) groups excluding carboxylic acids is 1. The highest BCUT2D eigenvalue weighted by molar-refractivity contribution is 6.06. The van der Waals surface area contributed by atoms with Crippen molar-refractivity contribution in [1.29, 1.82) is 0 Å². The van der Waals surface area contributed by atoms with E-state index in [9.17, 15) is 27.2 Å². The molecule has 1 amide bonds. The standard InChI is InChI=1S/C29H21F4N3O7/c1-35(17-7-10-21-22(12-17)43-29(32,33)42-21)27(37)16-3-2-4-18(11-16)36-25-20(24(34-36)26(30)31)13-40-14-23(25)41-19-8-5-15(6-9-19)28(38)39/h2-12,23,26H,13-14H2,1H3,(H,38,39).